The zero-order valence-corrected chi connectivity index (χ0v) is 11.3. The Morgan fingerprint density at radius 1 is 1.32 bits per heavy atom. The van der Waals surface area contributed by atoms with Gasteiger partial charge in [-0.25, -0.2) is 13.2 Å². The first-order chi connectivity index (χ1) is 8.96. The molecular weight excluding hydrogens is 266 g/mol. The summed E-state index contributed by atoms with van der Waals surface area (Å²) < 4.78 is 22.6. The van der Waals surface area contributed by atoms with Gasteiger partial charge >= 0.3 is 5.97 Å². The van der Waals surface area contributed by atoms with Crippen LogP contribution in [-0.4, -0.2) is 37.0 Å². The van der Waals surface area contributed by atoms with Crippen molar-refractivity contribution in [3.05, 3.63) is 35.4 Å². The number of sulfone groups is 1. The number of hydrogen-bond donors (Lipinski definition) is 2. The predicted molar refractivity (Wildman–Crippen MR) is 71.9 cm³/mol. The van der Waals surface area contributed by atoms with Crippen molar-refractivity contribution in [2.45, 2.75) is 25.4 Å². The lowest BCUT2D eigenvalue weighted by Gasteiger charge is -2.23. The average molecular weight is 283 g/mol. The lowest BCUT2D eigenvalue weighted by Crippen LogP contribution is -2.37. The monoisotopic (exact) mass is 283 g/mol. The highest BCUT2D eigenvalue weighted by Crippen LogP contribution is 2.13. The van der Waals surface area contributed by atoms with Crippen molar-refractivity contribution in [1.29, 1.82) is 0 Å². The van der Waals surface area contributed by atoms with Gasteiger partial charge in [0.1, 0.15) is 9.84 Å². The van der Waals surface area contributed by atoms with Crippen LogP contribution in [0.3, 0.4) is 0 Å². The highest BCUT2D eigenvalue weighted by atomic mass is 32.2. The van der Waals surface area contributed by atoms with E-state index in [-0.39, 0.29) is 23.1 Å². The molecule has 0 spiro atoms. The lowest BCUT2D eigenvalue weighted by molar-refractivity contribution is 0.0696. The van der Waals surface area contributed by atoms with Crippen LogP contribution >= 0.6 is 0 Å². The van der Waals surface area contributed by atoms with E-state index in [2.05, 4.69) is 5.32 Å². The molecule has 2 N–H and O–H groups in total. The predicted octanol–water partition coefficient (Wildman–Crippen LogP) is 1.05. The van der Waals surface area contributed by atoms with Gasteiger partial charge in [0.05, 0.1) is 17.1 Å². The molecule has 0 aromatic heterocycles. The third-order valence-corrected chi connectivity index (χ3v) is 5.04. The molecule has 1 aliphatic rings. The van der Waals surface area contributed by atoms with E-state index in [1.54, 1.807) is 18.2 Å². The molecule has 2 rings (SSSR count). The number of aromatic carboxylic acids is 1. The fourth-order valence-corrected chi connectivity index (χ4v) is 3.66. The van der Waals surface area contributed by atoms with Crippen LogP contribution in [0.4, 0.5) is 0 Å². The standard InChI is InChI=1S/C13H17NO4S/c15-13(16)11-3-1-2-10(8-11)9-14-12-4-6-19(17,18)7-5-12/h1-3,8,12,14H,4-7,9H2,(H,15,16). The topological polar surface area (TPSA) is 83.5 Å². The molecule has 0 atom stereocenters. The van der Waals surface area contributed by atoms with Gasteiger partial charge in [-0.15, -0.1) is 0 Å². The molecule has 0 aliphatic carbocycles. The fraction of sp³-hybridized carbons (Fsp3) is 0.462. The summed E-state index contributed by atoms with van der Waals surface area (Å²) in [4.78, 5) is 10.8. The maximum absolute atomic E-state index is 11.3. The second kappa shape index (κ2) is 5.71. The number of nitrogens with one attached hydrogen (secondary N) is 1. The zero-order valence-electron chi connectivity index (χ0n) is 10.5. The van der Waals surface area contributed by atoms with Gasteiger partial charge in [0.15, 0.2) is 0 Å². The average Bonchev–Trinajstić information content (AvgIpc) is 2.38. The van der Waals surface area contributed by atoms with Crippen molar-refractivity contribution in [3.8, 4) is 0 Å². The summed E-state index contributed by atoms with van der Waals surface area (Å²) in [6.45, 7) is 0.561. The van der Waals surface area contributed by atoms with Crippen LogP contribution in [0.2, 0.25) is 0 Å². The van der Waals surface area contributed by atoms with E-state index in [0.29, 0.717) is 19.4 Å². The second-order valence-electron chi connectivity index (χ2n) is 4.81. The van der Waals surface area contributed by atoms with Crippen molar-refractivity contribution >= 4 is 15.8 Å². The van der Waals surface area contributed by atoms with Crippen molar-refractivity contribution in [1.82, 2.24) is 5.32 Å². The Morgan fingerprint density at radius 3 is 2.63 bits per heavy atom. The molecule has 1 saturated heterocycles. The molecule has 1 aliphatic heterocycles. The van der Waals surface area contributed by atoms with Gasteiger partial charge in [0.2, 0.25) is 0 Å². The van der Waals surface area contributed by atoms with E-state index >= 15 is 0 Å². The third kappa shape index (κ3) is 4.04. The van der Waals surface area contributed by atoms with Gasteiger partial charge in [-0.3, -0.25) is 0 Å². The Labute approximate surface area is 112 Å². The molecule has 6 heteroatoms. The Balaban J connectivity index is 1.89. The quantitative estimate of drug-likeness (QED) is 0.863. The second-order valence-corrected chi connectivity index (χ2v) is 7.12. The zero-order chi connectivity index (χ0) is 13.9. The molecule has 0 amide bonds. The van der Waals surface area contributed by atoms with E-state index in [1.807, 2.05) is 6.07 Å². The van der Waals surface area contributed by atoms with Crippen LogP contribution in [-0.2, 0) is 16.4 Å². The van der Waals surface area contributed by atoms with Gasteiger partial charge in [0.25, 0.3) is 0 Å². The first-order valence-electron chi connectivity index (χ1n) is 6.22. The van der Waals surface area contributed by atoms with Crippen LogP contribution in [0.15, 0.2) is 24.3 Å². The Hall–Kier alpha value is -1.40. The van der Waals surface area contributed by atoms with E-state index < -0.39 is 15.8 Å². The molecule has 0 unspecified atom stereocenters. The Bertz CT molecular complexity index is 554. The van der Waals surface area contributed by atoms with Crippen molar-refractivity contribution < 1.29 is 18.3 Å². The first kappa shape index (κ1) is 14.0. The molecule has 1 aromatic carbocycles. The SMILES string of the molecule is O=C(O)c1cccc(CNC2CCS(=O)(=O)CC2)c1. The molecule has 19 heavy (non-hydrogen) atoms. The highest BCUT2D eigenvalue weighted by molar-refractivity contribution is 7.91. The molecule has 0 saturated carbocycles. The van der Waals surface area contributed by atoms with Gasteiger partial charge < -0.3 is 10.4 Å². The number of rotatable bonds is 4. The summed E-state index contributed by atoms with van der Waals surface area (Å²) in [6, 6.07) is 6.95. The molecule has 5 nitrogen and oxygen atoms in total. The van der Waals surface area contributed by atoms with Crippen molar-refractivity contribution in [2.75, 3.05) is 11.5 Å². The lowest BCUT2D eigenvalue weighted by atomic mass is 10.1. The normalized spacial score (nSPS) is 19.2. The molecule has 0 bridgehead atoms. The largest absolute Gasteiger partial charge is 0.478 e. The number of carbonyl (C=O) groups is 1. The smallest absolute Gasteiger partial charge is 0.335 e. The molecule has 1 heterocycles. The van der Waals surface area contributed by atoms with Crippen LogP contribution in [0.5, 0.6) is 0 Å². The third-order valence-electron chi connectivity index (χ3n) is 3.32. The minimum Gasteiger partial charge on any atom is -0.478 e. The van der Waals surface area contributed by atoms with E-state index in [4.69, 9.17) is 5.11 Å². The van der Waals surface area contributed by atoms with Gasteiger partial charge in [0, 0.05) is 12.6 Å². The van der Waals surface area contributed by atoms with Crippen LogP contribution in [0.25, 0.3) is 0 Å². The van der Waals surface area contributed by atoms with E-state index in [9.17, 15) is 13.2 Å². The summed E-state index contributed by atoms with van der Waals surface area (Å²) in [5, 5.41) is 12.2. The summed E-state index contributed by atoms with van der Waals surface area (Å²) in [6.07, 6.45) is 1.25. The molecule has 0 radical (unpaired) electrons. The maximum atomic E-state index is 11.3. The van der Waals surface area contributed by atoms with Crippen molar-refractivity contribution in [2.24, 2.45) is 0 Å². The summed E-state index contributed by atoms with van der Waals surface area (Å²) in [7, 11) is -2.83. The molecular formula is C13H17NO4S. The first-order valence-corrected chi connectivity index (χ1v) is 8.04. The number of hydrogen-bond acceptors (Lipinski definition) is 4. The maximum Gasteiger partial charge on any atom is 0.335 e. The summed E-state index contributed by atoms with van der Waals surface area (Å²) in [5.41, 5.74) is 1.17. The molecule has 1 aromatic rings. The van der Waals surface area contributed by atoms with Crippen LogP contribution in [0.1, 0.15) is 28.8 Å². The van der Waals surface area contributed by atoms with E-state index in [0.717, 1.165) is 5.56 Å². The van der Waals surface area contributed by atoms with Crippen LogP contribution < -0.4 is 5.32 Å². The van der Waals surface area contributed by atoms with Crippen LogP contribution in [0, 0.1) is 0 Å². The minimum atomic E-state index is -2.83. The summed E-state index contributed by atoms with van der Waals surface area (Å²) >= 11 is 0. The number of carboxylic acid groups (broad SMARTS) is 1. The summed E-state index contributed by atoms with van der Waals surface area (Å²) in [5.74, 6) is -0.467. The number of benzene rings is 1. The minimum absolute atomic E-state index is 0.192. The fourth-order valence-electron chi connectivity index (χ4n) is 2.17. The van der Waals surface area contributed by atoms with Gasteiger partial charge in [-0.05, 0) is 30.5 Å². The molecule has 104 valence electrons. The van der Waals surface area contributed by atoms with Crippen molar-refractivity contribution in [3.63, 3.8) is 0 Å². The van der Waals surface area contributed by atoms with Gasteiger partial charge in [-0.1, -0.05) is 12.1 Å². The Morgan fingerprint density at radius 2 is 2.00 bits per heavy atom. The molecule has 1 fully saturated rings. The highest BCUT2D eigenvalue weighted by Gasteiger charge is 2.22. The Kier molecular flexibility index (Phi) is 4.21. The van der Waals surface area contributed by atoms with Gasteiger partial charge in [-0.2, -0.15) is 0 Å². The van der Waals surface area contributed by atoms with E-state index in [1.165, 1.54) is 0 Å². The number of carboxylic acids is 1.